The molecule has 0 bridgehead atoms. The number of carbonyl (C=O) groups excluding carboxylic acids is 1. The monoisotopic (exact) mass is 264 g/mol. The van der Waals surface area contributed by atoms with Crippen molar-refractivity contribution in [1.82, 2.24) is 4.90 Å². The van der Waals surface area contributed by atoms with Gasteiger partial charge in [-0.3, -0.25) is 4.79 Å². The fourth-order valence-corrected chi connectivity index (χ4v) is 2.00. The van der Waals surface area contributed by atoms with Gasteiger partial charge in [0.25, 0.3) is 0 Å². The molecule has 0 aliphatic heterocycles. The Bertz CT molecular complexity index is 419. The molecule has 0 fully saturated rings. The van der Waals surface area contributed by atoms with Crippen LogP contribution in [0.2, 0.25) is 0 Å². The van der Waals surface area contributed by atoms with Gasteiger partial charge in [0.15, 0.2) is 0 Å². The van der Waals surface area contributed by atoms with Crippen LogP contribution in [0.1, 0.15) is 24.5 Å². The third kappa shape index (κ3) is 4.56. The standard InChI is InChI=1S/C15H24N2O2/c1-4-13-11-12(5-6-14(13)19-3)8-10-17(2)15(18)7-9-16/h5-6,11H,4,7-10,16H2,1-3H3. The van der Waals surface area contributed by atoms with Crippen LogP contribution in [-0.2, 0) is 17.6 Å². The first kappa shape index (κ1) is 15.5. The van der Waals surface area contributed by atoms with Gasteiger partial charge in [0.1, 0.15) is 5.75 Å². The number of carbonyl (C=O) groups is 1. The van der Waals surface area contributed by atoms with E-state index < -0.39 is 0 Å². The number of hydrogen-bond acceptors (Lipinski definition) is 3. The van der Waals surface area contributed by atoms with Crippen LogP contribution in [-0.4, -0.2) is 38.1 Å². The van der Waals surface area contributed by atoms with Gasteiger partial charge in [-0.05, 0) is 30.0 Å². The molecule has 0 aliphatic rings. The number of nitrogens with two attached hydrogens (primary N) is 1. The van der Waals surface area contributed by atoms with Gasteiger partial charge in [-0.2, -0.15) is 0 Å². The summed E-state index contributed by atoms with van der Waals surface area (Å²) in [4.78, 5) is 13.4. The van der Waals surface area contributed by atoms with Gasteiger partial charge in [-0.25, -0.2) is 0 Å². The van der Waals surface area contributed by atoms with Crippen molar-refractivity contribution in [2.24, 2.45) is 5.73 Å². The van der Waals surface area contributed by atoms with Crippen LogP contribution in [0.4, 0.5) is 0 Å². The molecule has 4 nitrogen and oxygen atoms in total. The minimum Gasteiger partial charge on any atom is -0.496 e. The van der Waals surface area contributed by atoms with Crippen molar-refractivity contribution < 1.29 is 9.53 Å². The van der Waals surface area contributed by atoms with Crippen molar-refractivity contribution in [3.8, 4) is 5.75 Å². The number of aryl methyl sites for hydroxylation is 1. The number of nitrogens with zero attached hydrogens (tertiary/aromatic N) is 1. The molecule has 0 aliphatic carbocycles. The van der Waals surface area contributed by atoms with Crippen LogP contribution in [0, 0.1) is 0 Å². The molecule has 1 rings (SSSR count). The Morgan fingerprint density at radius 3 is 2.74 bits per heavy atom. The summed E-state index contributed by atoms with van der Waals surface area (Å²) < 4.78 is 5.31. The molecule has 2 N–H and O–H groups in total. The van der Waals surface area contributed by atoms with E-state index in [1.165, 1.54) is 11.1 Å². The second-order valence-electron chi connectivity index (χ2n) is 4.60. The first-order chi connectivity index (χ1) is 9.12. The van der Waals surface area contributed by atoms with E-state index in [0.29, 0.717) is 19.5 Å². The molecule has 1 aromatic rings. The molecule has 19 heavy (non-hydrogen) atoms. The summed E-state index contributed by atoms with van der Waals surface area (Å²) in [5.74, 6) is 1.03. The van der Waals surface area contributed by atoms with Crippen LogP contribution < -0.4 is 10.5 Å². The summed E-state index contributed by atoms with van der Waals surface area (Å²) in [5, 5.41) is 0. The Morgan fingerprint density at radius 1 is 1.42 bits per heavy atom. The van der Waals surface area contributed by atoms with Crippen molar-refractivity contribution in [1.29, 1.82) is 0 Å². The van der Waals surface area contributed by atoms with E-state index >= 15 is 0 Å². The normalized spacial score (nSPS) is 10.3. The summed E-state index contributed by atoms with van der Waals surface area (Å²) in [7, 11) is 3.51. The molecule has 0 saturated carbocycles. The second-order valence-corrected chi connectivity index (χ2v) is 4.60. The zero-order chi connectivity index (χ0) is 14.3. The molecule has 4 heteroatoms. The van der Waals surface area contributed by atoms with E-state index in [2.05, 4.69) is 19.1 Å². The SMILES string of the molecule is CCc1cc(CCN(C)C(=O)CCN)ccc1OC. The lowest BCUT2D eigenvalue weighted by atomic mass is 10.0. The topological polar surface area (TPSA) is 55.6 Å². The quantitative estimate of drug-likeness (QED) is 0.814. The Labute approximate surface area is 115 Å². The summed E-state index contributed by atoms with van der Waals surface area (Å²) in [6.45, 7) is 3.23. The molecular weight excluding hydrogens is 240 g/mol. The predicted octanol–water partition coefficient (Wildman–Crippen LogP) is 1.61. The molecule has 0 unspecified atom stereocenters. The lowest BCUT2D eigenvalue weighted by Gasteiger charge is -2.17. The zero-order valence-electron chi connectivity index (χ0n) is 12.1. The molecule has 1 aromatic carbocycles. The van der Waals surface area contributed by atoms with Gasteiger partial charge in [0, 0.05) is 26.6 Å². The Kier molecular flexibility index (Phi) is 6.36. The Balaban J connectivity index is 2.60. The van der Waals surface area contributed by atoms with Crippen LogP contribution >= 0.6 is 0 Å². The van der Waals surface area contributed by atoms with E-state index in [1.807, 2.05) is 13.1 Å². The number of amides is 1. The fraction of sp³-hybridized carbons (Fsp3) is 0.533. The van der Waals surface area contributed by atoms with Gasteiger partial charge >= 0.3 is 0 Å². The molecule has 0 spiro atoms. The smallest absolute Gasteiger partial charge is 0.223 e. The minimum absolute atomic E-state index is 0.103. The van der Waals surface area contributed by atoms with Crippen molar-refractivity contribution in [2.45, 2.75) is 26.2 Å². The largest absolute Gasteiger partial charge is 0.496 e. The predicted molar refractivity (Wildman–Crippen MR) is 77.4 cm³/mol. The highest BCUT2D eigenvalue weighted by molar-refractivity contribution is 5.76. The highest BCUT2D eigenvalue weighted by Crippen LogP contribution is 2.20. The van der Waals surface area contributed by atoms with E-state index in [9.17, 15) is 4.79 Å². The van der Waals surface area contributed by atoms with Gasteiger partial charge < -0.3 is 15.4 Å². The highest BCUT2D eigenvalue weighted by atomic mass is 16.5. The summed E-state index contributed by atoms with van der Waals surface area (Å²) >= 11 is 0. The summed E-state index contributed by atoms with van der Waals surface area (Å²) in [6, 6.07) is 6.20. The van der Waals surface area contributed by atoms with Crippen molar-refractivity contribution >= 4 is 5.91 Å². The minimum atomic E-state index is 0.103. The second kappa shape index (κ2) is 7.79. The Hall–Kier alpha value is -1.55. The molecule has 0 atom stereocenters. The number of ether oxygens (including phenoxy) is 1. The molecular formula is C15H24N2O2. The number of methoxy groups -OCH3 is 1. The van der Waals surface area contributed by atoms with Gasteiger partial charge in [0.05, 0.1) is 7.11 Å². The van der Waals surface area contributed by atoms with Crippen LogP contribution in [0.3, 0.4) is 0 Å². The van der Waals surface area contributed by atoms with Crippen molar-refractivity contribution in [3.05, 3.63) is 29.3 Å². The molecule has 106 valence electrons. The first-order valence-electron chi connectivity index (χ1n) is 6.72. The molecule has 0 saturated heterocycles. The van der Waals surface area contributed by atoms with Gasteiger partial charge in [-0.15, -0.1) is 0 Å². The average Bonchev–Trinajstić information content (AvgIpc) is 2.44. The van der Waals surface area contributed by atoms with Crippen LogP contribution in [0.15, 0.2) is 18.2 Å². The van der Waals surface area contributed by atoms with E-state index in [-0.39, 0.29) is 5.91 Å². The number of rotatable bonds is 7. The van der Waals surface area contributed by atoms with E-state index in [0.717, 1.165) is 18.6 Å². The molecule has 0 radical (unpaired) electrons. The number of benzene rings is 1. The highest BCUT2D eigenvalue weighted by Gasteiger charge is 2.08. The molecule has 0 heterocycles. The Morgan fingerprint density at radius 2 is 2.16 bits per heavy atom. The lowest BCUT2D eigenvalue weighted by Crippen LogP contribution is -2.30. The maximum absolute atomic E-state index is 11.6. The molecule has 1 amide bonds. The van der Waals surface area contributed by atoms with Crippen LogP contribution in [0.5, 0.6) is 5.75 Å². The maximum atomic E-state index is 11.6. The first-order valence-corrected chi connectivity index (χ1v) is 6.72. The average molecular weight is 264 g/mol. The maximum Gasteiger partial charge on any atom is 0.223 e. The van der Waals surface area contributed by atoms with Crippen molar-refractivity contribution in [2.75, 3.05) is 27.2 Å². The van der Waals surface area contributed by atoms with E-state index in [4.69, 9.17) is 10.5 Å². The third-order valence-electron chi connectivity index (χ3n) is 3.25. The summed E-state index contributed by atoms with van der Waals surface area (Å²) in [6.07, 6.45) is 2.21. The van der Waals surface area contributed by atoms with Crippen molar-refractivity contribution in [3.63, 3.8) is 0 Å². The lowest BCUT2D eigenvalue weighted by molar-refractivity contribution is -0.129. The number of hydrogen-bond donors (Lipinski definition) is 1. The van der Waals surface area contributed by atoms with Crippen LogP contribution in [0.25, 0.3) is 0 Å². The third-order valence-corrected chi connectivity index (χ3v) is 3.25. The molecule has 0 aromatic heterocycles. The number of likely N-dealkylation sites (N-methyl/N-ethyl adjacent to an activating group) is 1. The van der Waals surface area contributed by atoms with Gasteiger partial charge in [0.2, 0.25) is 5.91 Å². The fourth-order valence-electron chi connectivity index (χ4n) is 2.00. The summed E-state index contributed by atoms with van der Waals surface area (Å²) in [5.41, 5.74) is 7.81. The van der Waals surface area contributed by atoms with E-state index in [1.54, 1.807) is 12.0 Å². The van der Waals surface area contributed by atoms with Gasteiger partial charge in [-0.1, -0.05) is 19.1 Å². The zero-order valence-corrected chi connectivity index (χ0v) is 12.1.